The first-order chi connectivity index (χ1) is 6.16. The van der Waals surface area contributed by atoms with Crippen LogP contribution in [-0.4, -0.2) is 30.0 Å². The topological polar surface area (TPSA) is 32.3 Å². The number of hydrogen-bond donors (Lipinski definition) is 2. The molecule has 0 radical (unpaired) electrons. The van der Waals surface area contributed by atoms with Crippen LogP contribution >= 0.6 is 0 Å². The zero-order valence-electron chi connectivity index (χ0n) is 8.09. The summed E-state index contributed by atoms with van der Waals surface area (Å²) in [4.78, 5) is 0. The molecule has 0 aromatic rings. The third-order valence-electron chi connectivity index (χ3n) is 2.54. The summed E-state index contributed by atoms with van der Waals surface area (Å²) in [5.41, 5.74) is 0.0465. The first kappa shape index (κ1) is 10.7. The first-order valence-corrected chi connectivity index (χ1v) is 4.80. The summed E-state index contributed by atoms with van der Waals surface area (Å²) in [7, 11) is 0. The number of aliphatic hydroxyl groups excluding tert-OH is 1. The van der Waals surface area contributed by atoms with Crippen LogP contribution in [0.3, 0.4) is 0 Å². The molecule has 2 atom stereocenters. The second-order valence-corrected chi connectivity index (χ2v) is 3.96. The molecule has 2 unspecified atom stereocenters. The molecule has 0 fully saturated rings. The first-order valence-electron chi connectivity index (χ1n) is 4.80. The normalized spacial score (nSPS) is 30.4. The third-order valence-corrected chi connectivity index (χ3v) is 2.54. The maximum absolute atomic E-state index is 12.0. The molecule has 76 valence electrons. The molecule has 0 saturated heterocycles. The quantitative estimate of drug-likeness (QED) is 0.652. The maximum atomic E-state index is 12.0. The fourth-order valence-electron chi connectivity index (χ4n) is 1.54. The van der Waals surface area contributed by atoms with Gasteiger partial charge in [-0.05, 0) is 26.2 Å². The van der Waals surface area contributed by atoms with Crippen LogP contribution in [-0.2, 0) is 0 Å². The van der Waals surface area contributed by atoms with Gasteiger partial charge in [0, 0.05) is 12.1 Å². The van der Waals surface area contributed by atoms with E-state index in [4.69, 9.17) is 5.11 Å². The molecule has 0 heterocycles. The van der Waals surface area contributed by atoms with Gasteiger partial charge in [-0.25, -0.2) is 4.39 Å². The molecule has 0 bridgehead atoms. The van der Waals surface area contributed by atoms with Crippen LogP contribution in [0.1, 0.15) is 26.2 Å². The molecule has 2 nitrogen and oxygen atoms in total. The zero-order valence-corrected chi connectivity index (χ0v) is 8.09. The highest BCUT2D eigenvalue weighted by atomic mass is 19.1. The number of allylic oxidation sites excluding steroid dienone is 1. The van der Waals surface area contributed by atoms with Crippen LogP contribution in [0.15, 0.2) is 12.2 Å². The van der Waals surface area contributed by atoms with Crippen molar-refractivity contribution in [3.63, 3.8) is 0 Å². The Kier molecular flexibility index (Phi) is 3.88. The van der Waals surface area contributed by atoms with Crippen molar-refractivity contribution in [3.8, 4) is 0 Å². The minimum absolute atomic E-state index is 0.0465. The predicted molar refractivity (Wildman–Crippen MR) is 51.4 cm³/mol. The molecule has 0 spiro atoms. The average Bonchev–Trinajstić information content (AvgIpc) is 2.15. The molecule has 0 aromatic carbocycles. The second-order valence-electron chi connectivity index (χ2n) is 3.96. The highest BCUT2D eigenvalue weighted by molar-refractivity contribution is 5.00. The standard InChI is InChI=1S/C10H18FNO/c1-10(5-3-2-4-6-10)12-8-9(13)7-11/h2-3,9,12-13H,4-8H2,1H3. The highest BCUT2D eigenvalue weighted by Gasteiger charge is 2.24. The fourth-order valence-corrected chi connectivity index (χ4v) is 1.54. The average molecular weight is 187 g/mol. The third kappa shape index (κ3) is 3.44. The van der Waals surface area contributed by atoms with E-state index in [0.29, 0.717) is 6.54 Å². The van der Waals surface area contributed by atoms with E-state index in [9.17, 15) is 4.39 Å². The lowest BCUT2D eigenvalue weighted by molar-refractivity contribution is 0.124. The van der Waals surface area contributed by atoms with E-state index in [0.717, 1.165) is 19.3 Å². The molecule has 0 aromatic heterocycles. The number of nitrogens with one attached hydrogen (secondary N) is 1. The Bertz CT molecular complexity index is 184. The lowest BCUT2D eigenvalue weighted by atomic mass is 9.87. The van der Waals surface area contributed by atoms with Gasteiger partial charge in [-0.1, -0.05) is 12.2 Å². The van der Waals surface area contributed by atoms with Crippen molar-refractivity contribution in [1.29, 1.82) is 0 Å². The zero-order chi connectivity index (χ0) is 9.73. The van der Waals surface area contributed by atoms with Gasteiger partial charge in [0.15, 0.2) is 0 Å². The Morgan fingerprint density at radius 1 is 1.62 bits per heavy atom. The van der Waals surface area contributed by atoms with Crippen molar-refractivity contribution in [2.45, 2.75) is 37.8 Å². The lowest BCUT2D eigenvalue weighted by Crippen LogP contribution is -2.46. The van der Waals surface area contributed by atoms with Crippen LogP contribution in [0.5, 0.6) is 0 Å². The number of hydrogen-bond acceptors (Lipinski definition) is 2. The van der Waals surface area contributed by atoms with Crippen LogP contribution in [0.4, 0.5) is 4.39 Å². The summed E-state index contributed by atoms with van der Waals surface area (Å²) in [5.74, 6) is 0. The van der Waals surface area contributed by atoms with Gasteiger partial charge in [-0.15, -0.1) is 0 Å². The SMILES string of the molecule is CC1(NCC(O)CF)CC=CCC1. The lowest BCUT2D eigenvalue weighted by Gasteiger charge is -2.32. The Balaban J connectivity index is 2.30. The van der Waals surface area contributed by atoms with Crippen LogP contribution in [0.2, 0.25) is 0 Å². The largest absolute Gasteiger partial charge is 0.389 e. The Morgan fingerprint density at radius 2 is 2.38 bits per heavy atom. The molecular weight excluding hydrogens is 169 g/mol. The molecule has 2 N–H and O–H groups in total. The van der Waals surface area contributed by atoms with Gasteiger partial charge in [0.05, 0.1) is 6.10 Å². The fraction of sp³-hybridized carbons (Fsp3) is 0.800. The van der Waals surface area contributed by atoms with Crippen LogP contribution < -0.4 is 5.32 Å². The van der Waals surface area contributed by atoms with Gasteiger partial charge in [-0.3, -0.25) is 0 Å². The van der Waals surface area contributed by atoms with Crippen molar-refractivity contribution < 1.29 is 9.50 Å². The van der Waals surface area contributed by atoms with Gasteiger partial charge in [-0.2, -0.15) is 0 Å². The van der Waals surface area contributed by atoms with E-state index in [2.05, 4.69) is 24.4 Å². The summed E-state index contributed by atoms with van der Waals surface area (Å²) < 4.78 is 12.0. The monoisotopic (exact) mass is 187 g/mol. The van der Waals surface area contributed by atoms with Gasteiger partial charge >= 0.3 is 0 Å². The van der Waals surface area contributed by atoms with Crippen molar-refractivity contribution in [2.75, 3.05) is 13.2 Å². The van der Waals surface area contributed by atoms with Gasteiger partial charge in [0.1, 0.15) is 6.67 Å². The summed E-state index contributed by atoms with van der Waals surface area (Å²) in [5, 5.41) is 12.3. The number of alkyl halides is 1. The molecular formula is C10H18FNO. The minimum atomic E-state index is -0.859. The van der Waals surface area contributed by atoms with Crippen LogP contribution in [0.25, 0.3) is 0 Å². The van der Waals surface area contributed by atoms with Crippen LogP contribution in [0, 0.1) is 0 Å². The molecule has 1 aliphatic carbocycles. The van der Waals surface area contributed by atoms with E-state index < -0.39 is 12.8 Å². The van der Waals surface area contributed by atoms with E-state index in [-0.39, 0.29) is 5.54 Å². The molecule has 0 saturated carbocycles. The Morgan fingerprint density at radius 3 is 2.92 bits per heavy atom. The number of β-amino-alcohol motifs (C(OH)–C–C–N with tert-alkyl or cyclic N) is 1. The van der Waals surface area contributed by atoms with Gasteiger partial charge < -0.3 is 10.4 Å². The molecule has 1 rings (SSSR count). The molecule has 3 heteroatoms. The summed E-state index contributed by atoms with van der Waals surface area (Å²) in [6, 6.07) is 0. The number of aliphatic hydroxyl groups is 1. The number of halogens is 1. The van der Waals surface area contributed by atoms with E-state index in [1.807, 2.05) is 0 Å². The Labute approximate surface area is 78.8 Å². The van der Waals surface area contributed by atoms with Crippen molar-refractivity contribution in [2.24, 2.45) is 0 Å². The molecule has 0 amide bonds. The van der Waals surface area contributed by atoms with Crippen molar-refractivity contribution >= 4 is 0 Å². The van der Waals surface area contributed by atoms with Gasteiger partial charge in [0.2, 0.25) is 0 Å². The smallest absolute Gasteiger partial charge is 0.117 e. The molecule has 0 aliphatic heterocycles. The molecule has 13 heavy (non-hydrogen) atoms. The van der Waals surface area contributed by atoms with Crippen molar-refractivity contribution in [1.82, 2.24) is 5.32 Å². The summed E-state index contributed by atoms with van der Waals surface area (Å²) >= 11 is 0. The molecule has 1 aliphatic rings. The predicted octanol–water partition coefficient (Wildman–Crippen LogP) is 1.41. The Hall–Kier alpha value is -0.410. The van der Waals surface area contributed by atoms with Crippen molar-refractivity contribution in [3.05, 3.63) is 12.2 Å². The van der Waals surface area contributed by atoms with E-state index in [1.54, 1.807) is 0 Å². The summed E-state index contributed by atoms with van der Waals surface area (Å²) in [6.07, 6.45) is 6.53. The van der Waals surface area contributed by atoms with E-state index in [1.165, 1.54) is 0 Å². The van der Waals surface area contributed by atoms with Gasteiger partial charge in [0.25, 0.3) is 0 Å². The number of rotatable bonds is 4. The highest BCUT2D eigenvalue weighted by Crippen LogP contribution is 2.22. The van der Waals surface area contributed by atoms with E-state index >= 15 is 0 Å². The second kappa shape index (κ2) is 4.72. The summed E-state index contributed by atoms with van der Waals surface area (Å²) in [6.45, 7) is 1.79. The minimum Gasteiger partial charge on any atom is -0.389 e. The maximum Gasteiger partial charge on any atom is 0.117 e.